The van der Waals surface area contributed by atoms with Gasteiger partial charge >= 0.3 is 0 Å². The van der Waals surface area contributed by atoms with E-state index in [1.807, 2.05) is 19.1 Å². The predicted octanol–water partition coefficient (Wildman–Crippen LogP) is 5.89. The second-order valence-electron chi connectivity index (χ2n) is 6.61. The van der Waals surface area contributed by atoms with Gasteiger partial charge in [-0.15, -0.1) is 0 Å². The molecule has 0 spiro atoms. The Balaban J connectivity index is 1.67. The Kier molecular flexibility index (Phi) is 8.12. The van der Waals surface area contributed by atoms with Gasteiger partial charge in [0.2, 0.25) is 0 Å². The minimum atomic E-state index is 0.289. The summed E-state index contributed by atoms with van der Waals surface area (Å²) in [6.45, 7) is 5.07. The van der Waals surface area contributed by atoms with Crippen molar-refractivity contribution in [3.8, 4) is 11.5 Å². The molecular weight excluding hydrogens is 421 g/mol. The van der Waals surface area contributed by atoms with Crippen LogP contribution in [0.1, 0.15) is 30.9 Å². The Hall–Kier alpha value is -1.17. The lowest BCUT2D eigenvalue weighted by molar-refractivity contribution is 0.110. The molecule has 0 amide bonds. The van der Waals surface area contributed by atoms with E-state index in [1.54, 1.807) is 18.2 Å². The van der Waals surface area contributed by atoms with Gasteiger partial charge in [-0.2, -0.15) is 0 Å². The molecule has 3 rings (SSSR count). The van der Waals surface area contributed by atoms with Gasteiger partial charge in [0.15, 0.2) is 11.5 Å². The molecule has 1 aliphatic heterocycles. The first-order valence-corrected chi connectivity index (χ1v) is 10.5. The number of hydrogen-bond acceptors (Lipinski definition) is 4. The first kappa shape index (κ1) is 21.5. The van der Waals surface area contributed by atoms with Gasteiger partial charge < -0.3 is 19.5 Å². The van der Waals surface area contributed by atoms with Crippen LogP contribution in [0.4, 0.5) is 0 Å². The van der Waals surface area contributed by atoms with Gasteiger partial charge in [-0.25, -0.2) is 0 Å². The van der Waals surface area contributed by atoms with E-state index < -0.39 is 0 Å². The molecule has 0 bridgehead atoms. The minimum Gasteiger partial charge on any atom is -0.490 e. The molecular formula is C21H24Cl3NO3. The van der Waals surface area contributed by atoms with Gasteiger partial charge in [-0.3, -0.25) is 0 Å². The smallest absolute Gasteiger partial charge is 0.163 e. The summed E-state index contributed by atoms with van der Waals surface area (Å²) in [4.78, 5) is 0. The van der Waals surface area contributed by atoms with Crippen molar-refractivity contribution in [3.05, 3.63) is 56.5 Å². The minimum absolute atomic E-state index is 0.289. The zero-order chi connectivity index (χ0) is 19.9. The first-order chi connectivity index (χ1) is 13.6. The molecule has 1 aliphatic rings. The topological polar surface area (TPSA) is 39.7 Å². The average Bonchev–Trinajstić information content (AvgIpc) is 3.17. The highest BCUT2D eigenvalue weighted by molar-refractivity contribution is 6.35. The van der Waals surface area contributed by atoms with Crippen LogP contribution in [0.15, 0.2) is 30.3 Å². The van der Waals surface area contributed by atoms with Crippen molar-refractivity contribution in [1.82, 2.24) is 5.32 Å². The zero-order valence-electron chi connectivity index (χ0n) is 15.8. The average molecular weight is 445 g/mol. The van der Waals surface area contributed by atoms with Gasteiger partial charge in [-0.05, 0) is 43.5 Å². The Labute approximate surface area is 181 Å². The van der Waals surface area contributed by atoms with E-state index in [0.29, 0.717) is 46.3 Å². The van der Waals surface area contributed by atoms with Crippen molar-refractivity contribution in [2.75, 3.05) is 19.8 Å². The van der Waals surface area contributed by atoms with E-state index >= 15 is 0 Å². The molecule has 4 nitrogen and oxygen atoms in total. The SMILES string of the molecule is CCOc1cc(CNCC2CCCO2)c(Cl)cc1OCc1ccc(Cl)cc1Cl. The van der Waals surface area contributed by atoms with Gasteiger partial charge in [0, 0.05) is 46.4 Å². The third-order valence-corrected chi connectivity index (χ3v) is 5.46. The van der Waals surface area contributed by atoms with E-state index in [9.17, 15) is 0 Å². The van der Waals surface area contributed by atoms with E-state index in [1.165, 1.54) is 0 Å². The second kappa shape index (κ2) is 10.6. The Bertz CT molecular complexity index is 795. The van der Waals surface area contributed by atoms with Crippen molar-refractivity contribution in [2.45, 2.75) is 39.0 Å². The van der Waals surface area contributed by atoms with Crippen LogP contribution >= 0.6 is 34.8 Å². The van der Waals surface area contributed by atoms with Crippen LogP contribution in [0.25, 0.3) is 0 Å². The zero-order valence-corrected chi connectivity index (χ0v) is 18.0. The predicted molar refractivity (Wildman–Crippen MR) is 114 cm³/mol. The Morgan fingerprint density at radius 1 is 1.04 bits per heavy atom. The lowest BCUT2D eigenvalue weighted by Crippen LogP contribution is -2.25. The molecule has 0 saturated carbocycles. The van der Waals surface area contributed by atoms with Crippen LogP contribution in [-0.2, 0) is 17.9 Å². The largest absolute Gasteiger partial charge is 0.490 e. The van der Waals surface area contributed by atoms with Crippen molar-refractivity contribution in [1.29, 1.82) is 0 Å². The number of rotatable bonds is 9. The molecule has 0 aliphatic carbocycles. The lowest BCUT2D eigenvalue weighted by Gasteiger charge is -2.16. The molecule has 7 heteroatoms. The van der Waals surface area contributed by atoms with E-state index in [0.717, 1.165) is 37.1 Å². The fourth-order valence-corrected chi connectivity index (χ4v) is 3.74. The number of benzene rings is 2. The standard InChI is InChI=1S/C21H24Cl3NO3/c1-2-26-20-8-15(11-25-12-17-4-3-7-27-17)19(24)10-21(20)28-13-14-5-6-16(22)9-18(14)23/h5-6,8-10,17,25H,2-4,7,11-13H2,1H3. The third kappa shape index (κ3) is 5.91. The summed E-state index contributed by atoms with van der Waals surface area (Å²) in [6.07, 6.45) is 2.52. The van der Waals surface area contributed by atoms with Crippen molar-refractivity contribution < 1.29 is 14.2 Å². The van der Waals surface area contributed by atoms with Crippen LogP contribution in [0.5, 0.6) is 11.5 Å². The molecule has 1 fully saturated rings. The number of hydrogen-bond donors (Lipinski definition) is 1. The first-order valence-electron chi connectivity index (χ1n) is 9.41. The summed E-state index contributed by atoms with van der Waals surface area (Å²) >= 11 is 18.6. The number of halogens is 3. The Morgan fingerprint density at radius 2 is 1.82 bits per heavy atom. The molecule has 2 aromatic carbocycles. The highest BCUT2D eigenvalue weighted by Crippen LogP contribution is 2.35. The molecule has 1 saturated heterocycles. The van der Waals surface area contributed by atoms with E-state index in [2.05, 4.69) is 5.32 Å². The number of nitrogens with one attached hydrogen (secondary N) is 1. The summed E-state index contributed by atoms with van der Waals surface area (Å²) < 4.78 is 17.3. The molecule has 1 heterocycles. The number of ether oxygens (including phenoxy) is 3. The van der Waals surface area contributed by atoms with Crippen LogP contribution in [0.3, 0.4) is 0 Å². The summed E-state index contributed by atoms with van der Waals surface area (Å²) in [5, 5.41) is 5.18. The molecule has 0 radical (unpaired) electrons. The quantitative estimate of drug-likeness (QED) is 0.523. The van der Waals surface area contributed by atoms with Gasteiger partial charge in [-0.1, -0.05) is 40.9 Å². The molecule has 1 unspecified atom stereocenters. The molecule has 28 heavy (non-hydrogen) atoms. The van der Waals surface area contributed by atoms with Gasteiger partial charge in [0.05, 0.1) is 12.7 Å². The van der Waals surface area contributed by atoms with E-state index in [4.69, 9.17) is 49.0 Å². The van der Waals surface area contributed by atoms with Crippen molar-refractivity contribution >= 4 is 34.8 Å². The molecule has 152 valence electrons. The van der Waals surface area contributed by atoms with Gasteiger partial charge in [0.25, 0.3) is 0 Å². The maximum atomic E-state index is 6.48. The van der Waals surface area contributed by atoms with E-state index in [-0.39, 0.29) is 6.10 Å². The maximum Gasteiger partial charge on any atom is 0.163 e. The molecule has 0 aromatic heterocycles. The van der Waals surface area contributed by atoms with Gasteiger partial charge in [0.1, 0.15) is 6.61 Å². The third-order valence-electron chi connectivity index (χ3n) is 4.52. The normalized spacial score (nSPS) is 16.4. The Morgan fingerprint density at radius 3 is 2.54 bits per heavy atom. The molecule has 1 atom stereocenters. The summed E-state index contributed by atoms with van der Waals surface area (Å²) in [6, 6.07) is 9.04. The summed E-state index contributed by atoms with van der Waals surface area (Å²) in [5.74, 6) is 1.24. The maximum absolute atomic E-state index is 6.48. The van der Waals surface area contributed by atoms with Crippen molar-refractivity contribution in [2.24, 2.45) is 0 Å². The fourth-order valence-electron chi connectivity index (χ4n) is 3.06. The second-order valence-corrected chi connectivity index (χ2v) is 7.86. The highest BCUT2D eigenvalue weighted by Gasteiger charge is 2.16. The van der Waals surface area contributed by atoms with Crippen LogP contribution in [0.2, 0.25) is 15.1 Å². The monoisotopic (exact) mass is 443 g/mol. The summed E-state index contributed by atoms with van der Waals surface area (Å²) in [5.41, 5.74) is 1.80. The fraction of sp³-hybridized carbons (Fsp3) is 0.429. The lowest BCUT2D eigenvalue weighted by atomic mass is 10.1. The van der Waals surface area contributed by atoms with Crippen LogP contribution in [0, 0.1) is 0 Å². The summed E-state index contributed by atoms with van der Waals surface area (Å²) in [7, 11) is 0. The van der Waals surface area contributed by atoms with Crippen molar-refractivity contribution in [3.63, 3.8) is 0 Å². The highest BCUT2D eigenvalue weighted by atomic mass is 35.5. The molecule has 1 N–H and O–H groups in total. The molecule has 2 aromatic rings. The van der Waals surface area contributed by atoms with Crippen LogP contribution < -0.4 is 14.8 Å². The van der Waals surface area contributed by atoms with Crippen LogP contribution in [-0.4, -0.2) is 25.9 Å².